The Labute approximate surface area is 88.4 Å². The van der Waals surface area contributed by atoms with Crippen LogP contribution in [-0.2, 0) is 9.59 Å². The molecule has 0 saturated heterocycles. The Hall–Kier alpha value is -2.24. The summed E-state index contributed by atoms with van der Waals surface area (Å²) in [4.78, 5) is 20.8. The van der Waals surface area contributed by atoms with Crippen LogP contribution < -0.4 is 0 Å². The highest BCUT2D eigenvalue weighted by Crippen LogP contribution is 2.15. The minimum atomic E-state index is -1.77. The Kier molecular flexibility index (Phi) is 3.34. The number of rotatable bonds is 3. The zero-order valence-electron chi connectivity index (χ0n) is 7.78. The summed E-state index contributed by atoms with van der Waals surface area (Å²) in [5, 5.41) is 17.5. The van der Waals surface area contributed by atoms with Crippen molar-refractivity contribution < 1.29 is 28.6 Å². The third-order valence-electron chi connectivity index (χ3n) is 1.64. The number of carboxylic acid groups (broad SMARTS) is 1. The molecule has 0 unspecified atom stereocenters. The maximum absolute atomic E-state index is 12.7. The molecule has 0 radical (unpaired) electrons. The summed E-state index contributed by atoms with van der Waals surface area (Å²) < 4.78 is 25.4. The first-order valence-corrected chi connectivity index (χ1v) is 4.04. The van der Waals surface area contributed by atoms with Crippen LogP contribution in [0.5, 0.6) is 0 Å². The number of aliphatic carboxylic acids is 1. The van der Waals surface area contributed by atoms with E-state index >= 15 is 0 Å². The van der Waals surface area contributed by atoms with Crippen LogP contribution in [0.3, 0.4) is 0 Å². The van der Waals surface area contributed by atoms with Crippen molar-refractivity contribution in [1.29, 1.82) is 0 Å². The first kappa shape index (κ1) is 11.8. The zero-order valence-corrected chi connectivity index (χ0v) is 7.78. The summed E-state index contributed by atoms with van der Waals surface area (Å²) in [6.07, 6.45) is 0.372. The summed E-state index contributed by atoms with van der Waals surface area (Å²) in [5.41, 5.74) is -0.313. The Balaban J connectivity index is 3.09. The standard InChI is InChI=1S/C10H6F2O4/c11-6-1-5(2-7(12)3-6)8(13)4-9(14)10(15)16/h1-4,13H,(H,15,16)/b8-4-. The molecular weight excluding hydrogens is 222 g/mol. The van der Waals surface area contributed by atoms with Gasteiger partial charge in [0.2, 0.25) is 0 Å². The van der Waals surface area contributed by atoms with Gasteiger partial charge in [-0.1, -0.05) is 0 Å². The van der Waals surface area contributed by atoms with E-state index in [1.54, 1.807) is 0 Å². The van der Waals surface area contributed by atoms with Crippen LogP contribution in [0.25, 0.3) is 5.76 Å². The van der Waals surface area contributed by atoms with Crippen LogP contribution in [0.15, 0.2) is 24.3 Å². The highest BCUT2D eigenvalue weighted by atomic mass is 19.1. The Morgan fingerprint density at radius 1 is 1.06 bits per heavy atom. The molecule has 2 N–H and O–H groups in total. The molecule has 1 aromatic carbocycles. The van der Waals surface area contributed by atoms with Crippen molar-refractivity contribution in [3.63, 3.8) is 0 Å². The molecule has 84 valence electrons. The van der Waals surface area contributed by atoms with E-state index in [2.05, 4.69) is 0 Å². The van der Waals surface area contributed by atoms with Gasteiger partial charge in [-0.15, -0.1) is 0 Å². The molecule has 0 aliphatic carbocycles. The molecule has 0 aromatic heterocycles. The van der Waals surface area contributed by atoms with E-state index in [0.29, 0.717) is 12.1 Å². The summed E-state index contributed by atoms with van der Waals surface area (Å²) >= 11 is 0. The normalized spacial score (nSPS) is 11.2. The van der Waals surface area contributed by atoms with E-state index in [-0.39, 0.29) is 5.56 Å². The fourth-order valence-electron chi connectivity index (χ4n) is 0.971. The molecule has 0 amide bonds. The number of carbonyl (C=O) groups excluding carboxylic acids is 1. The molecule has 0 spiro atoms. The second-order valence-corrected chi connectivity index (χ2v) is 2.86. The van der Waals surface area contributed by atoms with E-state index in [1.165, 1.54) is 0 Å². The summed E-state index contributed by atoms with van der Waals surface area (Å²) in [7, 11) is 0. The molecule has 0 fully saturated rings. The zero-order chi connectivity index (χ0) is 12.3. The van der Waals surface area contributed by atoms with E-state index in [1.807, 2.05) is 0 Å². The largest absolute Gasteiger partial charge is 0.507 e. The number of hydrogen-bond acceptors (Lipinski definition) is 3. The lowest BCUT2D eigenvalue weighted by Crippen LogP contribution is -2.09. The topological polar surface area (TPSA) is 74.6 Å². The van der Waals surface area contributed by atoms with Gasteiger partial charge in [-0.2, -0.15) is 0 Å². The first-order chi connectivity index (χ1) is 7.40. The monoisotopic (exact) mass is 228 g/mol. The van der Waals surface area contributed by atoms with Crippen molar-refractivity contribution >= 4 is 17.5 Å². The predicted octanol–water partition coefficient (Wildman–Crippen LogP) is 1.52. The molecule has 6 heteroatoms. The smallest absolute Gasteiger partial charge is 0.376 e. The van der Waals surface area contributed by atoms with E-state index in [0.717, 1.165) is 12.1 Å². The Morgan fingerprint density at radius 3 is 2.00 bits per heavy atom. The van der Waals surface area contributed by atoms with Crippen molar-refractivity contribution in [3.05, 3.63) is 41.5 Å². The van der Waals surface area contributed by atoms with Gasteiger partial charge in [0.05, 0.1) is 0 Å². The summed E-state index contributed by atoms with van der Waals surface area (Å²) in [5.74, 6) is -5.87. The average Bonchev–Trinajstić information content (AvgIpc) is 2.15. The van der Waals surface area contributed by atoms with Gasteiger partial charge in [-0.3, -0.25) is 4.79 Å². The number of benzene rings is 1. The van der Waals surface area contributed by atoms with E-state index < -0.39 is 29.1 Å². The van der Waals surface area contributed by atoms with Crippen molar-refractivity contribution in [2.75, 3.05) is 0 Å². The SMILES string of the molecule is O=C(O)C(=O)/C=C(\O)c1cc(F)cc(F)c1. The molecule has 0 aliphatic heterocycles. The molecule has 1 rings (SSSR count). The van der Waals surface area contributed by atoms with Crippen LogP contribution in [0.4, 0.5) is 8.78 Å². The van der Waals surface area contributed by atoms with Crippen molar-refractivity contribution in [1.82, 2.24) is 0 Å². The van der Waals surface area contributed by atoms with Crippen LogP contribution in [-0.4, -0.2) is 22.0 Å². The lowest BCUT2D eigenvalue weighted by atomic mass is 10.1. The number of ketones is 1. The first-order valence-electron chi connectivity index (χ1n) is 4.04. The second-order valence-electron chi connectivity index (χ2n) is 2.86. The van der Waals surface area contributed by atoms with Crippen LogP contribution >= 0.6 is 0 Å². The molecule has 0 heterocycles. The molecular formula is C10H6F2O4. The van der Waals surface area contributed by atoms with Crippen molar-refractivity contribution in [3.8, 4) is 0 Å². The molecule has 16 heavy (non-hydrogen) atoms. The third kappa shape index (κ3) is 2.88. The molecule has 1 aromatic rings. The number of hydrogen-bond donors (Lipinski definition) is 2. The van der Waals surface area contributed by atoms with Gasteiger partial charge in [0.15, 0.2) is 0 Å². The number of halogens is 2. The maximum atomic E-state index is 12.7. The lowest BCUT2D eigenvalue weighted by Gasteiger charge is -2.00. The van der Waals surface area contributed by atoms with Crippen LogP contribution in [0.2, 0.25) is 0 Å². The van der Waals surface area contributed by atoms with Crippen molar-refractivity contribution in [2.45, 2.75) is 0 Å². The minimum Gasteiger partial charge on any atom is -0.507 e. The van der Waals surface area contributed by atoms with Gasteiger partial charge in [-0.25, -0.2) is 13.6 Å². The Morgan fingerprint density at radius 2 is 1.56 bits per heavy atom. The molecule has 0 saturated carbocycles. The summed E-state index contributed by atoms with van der Waals surface area (Å²) in [6, 6.07) is 2.11. The summed E-state index contributed by atoms with van der Waals surface area (Å²) in [6.45, 7) is 0. The number of aliphatic hydroxyl groups is 1. The molecule has 4 nitrogen and oxygen atoms in total. The fourth-order valence-corrected chi connectivity index (χ4v) is 0.971. The number of carbonyl (C=O) groups is 2. The van der Waals surface area contributed by atoms with Gasteiger partial charge in [-0.05, 0) is 12.1 Å². The lowest BCUT2D eigenvalue weighted by molar-refractivity contribution is -0.146. The number of carboxylic acids is 1. The van der Waals surface area contributed by atoms with Crippen LogP contribution in [0, 0.1) is 11.6 Å². The molecule has 0 atom stereocenters. The maximum Gasteiger partial charge on any atom is 0.376 e. The van der Waals surface area contributed by atoms with Gasteiger partial charge < -0.3 is 10.2 Å². The average molecular weight is 228 g/mol. The highest BCUT2D eigenvalue weighted by molar-refractivity contribution is 6.38. The van der Waals surface area contributed by atoms with Gasteiger partial charge in [0.25, 0.3) is 5.78 Å². The fraction of sp³-hybridized carbons (Fsp3) is 0. The van der Waals surface area contributed by atoms with Gasteiger partial charge >= 0.3 is 5.97 Å². The van der Waals surface area contributed by atoms with Crippen LogP contribution in [0.1, 0.15) is 5.56 Å². The second kappa shape index (κ2) is 4.52. The van der Waals surface area contributed by atoms with Crippen molar-refractivity contribution in [2.24, 2.45) is 0 Å². The number of aliphatic hydroxyl groups excluding tert-OH is 1. The quantitative estimate of drug-likeness (QED) is 0.467. The van der Waals surface area contributed by atoms with Gasteiger partial charge in [0.1, 0.15) is 17.4 Å². The van der Waals surface area contributed by atoms with E-state index in [9.17, 15) is 23.5 Å². The van der Waals surface area contributed by atoms with E-state index in [4.69, 9.17) is 5.11 Å². The highest BCUT2D eigenvalue weighted by Gasteiger charge is 2.11. The predicted molar refractivity (Wildman–Crippen MR) is 49.6 cm³/mol. The molecule has 0 bridgehead atoms. The minimum absolute atomic E-state index is 0.313. The molecule has 0 aliphatic rings. The third-order valence-corrected chi connectivity index (χ3v) is 1.64. The van der Waals surface area contributed by atoms with Gasteiger partial charge in [0, 0.05) is 17.7 Å². The Bertz CT molecular complexity index is 459.